The molecule has 0 radical (unpaired) electrons. The molecule has 1 saturated heterocycles. The van der Waals surface area contributed by atoms with Crippen molar-refractivity contribution >= 4 is 17.7 Å². The molecule has 1 unspecified atom stereocenters. The molecule has 0 bridgehead atoms. The highest BCUT2D eigenvalue weighted by Gasteiger charge is 2.23. The maximum atomic E-state index is 13.1. The van der Waals surface area contributed by atoms with Crippen LogP contribution >= 0.6 is 11.8 Å². The van der Waals surface area contributed by atoms with Crippen molar-refractivity contribution in [2.75, 3.05) is 32.8 Å². The van der Waals surface area contributed by atoms with Gasteiger partial charge in [0.1, 0.15) is 0 Å². The van der Waals surface area contributed by atoms with Crippen LogP contribution in [0.4, 0.5) is 0 Å². The van der Waals surface area contributed by atoms with Gasteiger partial charge >= 0.3 is 0 Å². The van der Waals surface area contributed by atoms with Gasteiger partial charge in [0.05, 0.1) is 30.6 Å². The van der Waals surface area contributed by atoms with Crippen molar-refractivity contribution in [3.05, 3.63) is 77.4 Å². The maximum absolute atomic E-state index is 13.1. The van der Waals surface area contributed by atoms with Gasteiger partial charge < -0.3 is 14.6 Å². The van der Waals surface area contributed by atoms with Gasteiger partial charge in [-0.3, -0.25) is 9.69 Å². The van der Waals surface area contributed by atoms with Crippen molar-refractivity contribution in [1.82, 2.24) is 20.4 Å². The van der Waals surface area contributed by atoms with E-state index < -0.39 is 0 Å². The summed E-state index contributed by atoms with van der Waals surface area (Å²) in [6.07, 6.45) is 0. The molecule has 1 aromatic heterocycles. The van der Waals surface area contributed by atoms with Gasteiger partial charge in [0.15, 0.2) is 5.82 Å². The maximum Gasteiger partial charge on any atom is 0.252 e. The van der Waals surface area contributed by atoms with E-state index in [1.54, 1.807) is 6.92 Å². The molecule has 2 aromatic carbocycles. The second kappa shape index (κ2) is 10.6. The van der Waals surface area contributed by atoms with E-state index in [9.17, 15) is 4.79 Å². The van der Waals surface area contributed by atoms with Gasteiger partial charge in [-0.2, -0.15) is 4.98 Å². The first-order valence-electron chi connectivity index (χ1n) is 10.4. The smallest absolute Gasteiger partial charge is 0.252 e. The number of thioether (sulfide) groups is 1. The molecule has 1 aliphatic rings. The van der Waals surface area contributed by atoms with Crippen LogP contribution in [0.3, 0.4) is 0 Å². The topological polar surface area (TPSA) is 80.5 Å². The Labute approximate surface area is 186 Å². The first kappa shape index (κ1) is 21.5. The lowest BCUT2D eigenvalue weighted by atomic mass is 10.0. The molecule has 1 amide bonds. The van der Waals surface area contributed by atoms with Crippen LogP contribution in [0.15, 0.2) is 64.0 Å². The zero-order valence-corrected chi connectivity index (χ0v) is 18.3. The van der Waals surface area contributed by atoms with E-state index in [4.69, 9.17) is 9.26 Å². The van der Waals surface area contributed by atoms with Gasteiger partial charge in [0.25, 0.3) is 5.91 Å². The van der Waals surface area contributed by atoms with Crippen LogP contribution in [0.25, 0.3) is 0 Å². The number of amides is 1. The molecule has 1 atom stereocenters. The van der Waals surface area contributed by atoms with Gasteiger partial charge in [-0.1, -0.05) is 47.6 Å². The third kappa shape index (κ3) is 5.72. The molecule has 0 saturated carbocycles. The number of hydrogen-bond donors (Lipinski definition) is 1. The van der Waals surface area contributed by atoms with Crippen molar-refractivity contribution < 1.29 is 14.1 Å². The first-order valence-corrected chi connectivity index (χ1v) is 11.4. The SMILES string of the molecule is Cc1noc(CSc2ccccc2C(=O)NCC(c2ccccc2)N2CCOCC2)n1. The van der Waals surface area contributed by atoms with Crippen LogP contribution in [-0.2, 0) is 10.5 Å². The number of carbonyl (C=O) groups excluding carboxylic acids is 1. The number of benzene rings is 2. The molecule has 31 heavy (non-hydrogen) atoms. The minimum Gasteiger partial charge on any atom is -0.379 e. The molecule has 1 aliphatic heterocycles. The standard InChI is InChI=1S/C23H26N4O3S/c1-17-25-22(30-26-17)16-31-21-10-6-5-9-19(21)23(28)24-15-20(18-7-3-2-4-8-18)27-11-13-29-14-12-27/h2-10,20H,11-16H2,1H3,(H,24,28). The van der Waals surface area contributed by atoms with Crippen LogP contribution in [0.1, 0.15) is 33.7 Å². The summed E-state index contributed by atoms with van der Waals surface area (Å²) >= 11 is 1.52. The summed E-state index contributed by atoms with van der Waals surface area (Å²) in [5, 5.41) is 6.97. The van der Waals surface area contributed by atoms with Gasteiger partial charge in [-0.25, -0.2) is 0 Å². The molecule has 3 aromatic rings. The number of carbonyl (C=O) groups is 1. The molecule has 4 rings (SSSR count). The Morgan fingerprint density at radius 3 is 2.61 bits per heavy atom. The van der Waals surface area contributed by atoms with Crippen LogP contribution in [0, 0.1) is 6.92 Å². The van der Waals surface area contributed by atoms with Crippen LogP contribution in [0.5, 0.6) is 0 Å². The fourth-order valence-electron chi connectivity index (χ4n) is 3.62. The summed E-state index contributed by atoms with van der Waals surface area (Å²) < 4.78 is 10.7. The highest BCUT2D eigenvalue weighted by molar-refractivity contribution is 7.98. The zero-order valence-electron chi connectivity index (χ0n) is 17.5. The Hall–Kier alpha value is -2.68. The Morgan fingerprint density at radius 2 is 1.87 bits per heavy atom. The lowest BCUT2D eigenvalue weighted by Crippen LogP contribution is -2.43. The van der Waals surface area contributed by atoms with E-state index >= 15 is 0 Å². The Morgan fingerprint density at radius 1 is 1.13 bits per heavy atom. The van der Waals surface area contributed by atoms with Crippen LogP contribution < -0.4 is 5.32 Å². The van der Waals surface area contributed by atoms with Crippen LogP contribution in [0.2, 0.25) is 0 Å². The Bertz CT molecular complexity index is 989. The number of aromatic nitrogens is 2. The second-order valence-corrected chi connectivity index (χ2v) is 8.32. The number of aryl methyl sites for hydroxylation is 1. The second-order valence-electron chi connectivity index (χ2n) is 7.31. The average Bonchev–Trinajstić information content (AvgIpc) is 3.24. The monoisotopic (exact) mass is 438 g/mol. The van der Waals surface area contributed by atoms with Crippen molar-refractivity contribution in [2.24, 2.45) is 0 Å². The fourth-order valence-corrected chi connectivity index (χ4v) is 4.51. The van der Waals surface area contributed by atoms with E-state index in [1.165, 1.54) is 17.3 Å². The normalized spacial score (nSPS) is 15.5. The van der Waals surface area contributed by atoms with E-state index in [0.29, 0.717) is 42.8 Å². The molecule has 7 nitrogen and oxygen atoms in total. The van der Waals surface area contributed by atoms with Crippen molar-refractivity contribution in [1.29, 1.82) is 0 Å². The summed E-state index contributed by atoms with van der Waals surface area (Å²) in [6.45, 7) is 5.45. The third-order valence-electron chi connectivity index (χ3n) is 5.18. The molecule has 0 spiro atoms. The highest BCUT2D eigenvalue weighted by Crippen LogP contribution is 2.26. The Kier molecular flexibility index (Phi) is 7.35. The fraction of sp³-hybridized carbons (Fsp3) is 0.348. The lowest BCUT2D eigenvalue weighted by molar-refractivity contribution is 0.0162. The van der Waals surface area contributed by atoms with E-state index in [0.717, 1.165) is 18.0 Å². The summed E-state index contributed by atoms with van der Waals surface area (Å²) in [5.74, 6) is 1.59. The average molecular weight is 439 g/mol. The van der Waals surface area contributed by atoms with E-state index in [2.05, 4.69) is 32.5 Å². The molecule has 0 aliphatic carbocycles. The highest BCUT2D eigenvalue weighted by atomic mass is 32.2. The molecule has 1 fully saturated rings. The van der Waals surface area contributed by atoms with Gasteiger partial charge in [0.2, 0.25) is 5.89 Å². The van der Waals surface area contributed by atoms with Crippen LogP contribution in [-0.4, -0.2) is 53.8 Å². The lowest BCUT2D eigenvalue weighted by Gasteiger charge is -2.35. The largest absolute Gasteiger partial charge is 0.379 e. The summed E-state index contributed by atoms with van der Waals surface area (Å²) in [7, 11) is 0. The quantitative estimate of drug-likeness (QED) is 0.539. The van der Waals surface area contributed by atoms with Crippen molar-refractivity contribution in [3.8, 4) is 0 Å². The molecule has 2 heterocycles. The summed E-state index contributed by atoms with van der Waals surface area (Å²) in [6, 6.07) is 18.0. The minimum atomic E-state index is -0.0843. The van der Waals surface area contributed by atoms with E-state index in [1.807, 2.05) is 42.5 Å². The number of hydrogen-bond acceptors (Lipinski definition) is 7. The number of morpholine rings is 1. The molecular formula is C23H26N4O3S. The summed E-state index contributed by atoms with van der Waals surface area (Å²) in [5.41, 5.74) is 1.84. The van der Waals surface area contributed by atoms with Gasteiger partial charge in [0, 0.05) is 24.5 Å². The Balaban J connectivity index is 1.44. The molecule has 1 N–H and O–H groups in total. The van der Waals surface area contributed by atoms with Crippen molar-refractivity contribution in [3.63, 3.8) is 0 Å². The van der Waals surface area contributed by atoms with Gasteiger partial charge in [-0.15, -0.1) is 11.8 Å². The number of ether oxygens (including phenoxy) is 1. The third-order valence-corrected chi connectivity index (χ3v) is 6.24. The van der Waals surface area contributed by atoms with Gasteiger partial charge in [-0.05, 0) is 24.6 Å². The summed E-state index contributed by atoms with van der Waals surface area (Å²) in [4.78, 5) is 20.6. The predicted molar refractivity (Wildman–Crippen MR) is 119 cm³/mol. The number of nitrogens with zero attached hydrogens (tertiary/aromatic N) is 3. The number of rotatable bonds is 8. The molecule has 8 heteroatoms. The first-order chi connectivity index (χ1) is 15.2. The van der Waals surface area contributed by atoms with Crippen molar-refractivity contribution in [2.45, 2.75) is 23.6 Å². The molecule has 162 valence electrons. The molecular weight excluding hydrogens is 412 g/mol. The minimum absolute atomic E-state index is 0.0843. The zero-order chi connectivity index (χ0) is 21.5. The number of nitrogens with one attached hydrogen (secondary N) is 1. The van der Waals surface area contributed by atoms with E-state index in [-0.39, 0.29) is 11.9 Å². The predicted octanol–water partition coefficient (Wildman–Crippen LogP) is 3.47.